The number of carbonyl (C=O) groups is 1. The van der Waals surface area contributed by atoms with Gasteiger partial charge in [0, 0.05) is 23.4 Å². The van der Waals surface area contributed by atoms with Crippen molar-refractivity contribution in [2.45, 2.75) is 32.9 Å². The van der Waals surface area contributed by atoms with Gasteiger partial charge in [0.1, 0.15) is 5.82 Å². The monoisotopic (exact) mass is 408 g/mol. The van der Waals surface area contributed by atoms with E-state index < -0.39 is 5.66 Å². The zero-order valence-corrected chi connectivity index (χ0v) is 17.9. The van der Waals surface area contributed by atoms with E-state index in [0.29, 0.717) is 6.54 Å². The lowest BCUT2D eigenvalue weighted by Gasteiger charge is -2.38. The van der Waals surface area contributed by atoms with E-state index >= 15 is 0 Å². The molecule has 154 valence electrons. The van der Waals surface area contributed by atoms with E-state index in [2.05, 4.69) is 54.9 Å². The van der Waals surface area contributed by atoms with Gasteiger partial charge in [0.15, 0.2) is 0 Å². The zero-order valence-electron chi connectivity index (χ0n) is 17.9. The SMILES string of the molecule is CCCN1C(=O)C2(Nc3ccccc3-c3nc4cc(C)c(C)cc4n32)c2ccccc21. The number of nitrogens with one attached hydrogen (secondary N) is 1. The maximum atomic E-state index is 14.2. The highest BCUT2D eigenvalue weighted by molar-refractivity contribution is 6.12. The molecule has 0 bridgehead atoms. The number of hydrogen-bond donors (Lipinski definition) is 1. The number of hydrogen-bond acceptors (Lipinski definition) is 3. The van der Waals surface area contributed by atoms with Crippen LogP contribution in [0, 0.1) is 13.8 Å². The van der Waals surface area contributed by atoms with E-state index in [0.717, 1.165) is 45.8 Å². The zero-order chi connectivity index (χ0) is 21.3. The standard InChI is InChI=1S/C26H24N4O/c1-4-13-29-22-12-8-6-10-19(22)26(25(29)31)28-20-11-7-5-9-18(20)24-27-21-14-16(2)17(3)15-23(21)30(24)26/h5-12,14-15,28H,4,13H2,1-3H3. The number of carbonyl (C=O) groups excluding carboxylic acids is 1. The van der Waals surface area contributed by atoms with Crippen LogP contribution in [-0.2, 0) is 10.5 Å². The Morgan fingerprint density at radius 1 is 1.00 bits per heavy atom. The molecule has 0 aliphatic carbocycles. The highest BCUT2D eigenvalue weighted by atomic mass is 16.2. The molecule has 5 heteroatoms. The van der Waals surface area contributed by atoms with Crippen LogP contribution < -0.4 is 10.2 Å². The molecule has 2 aliphatic rings. The molecule has 1 amide bonds. The van der Waals surface area contributed by atoms with Gasteiger partial charge in [-0.2, -0.15) is 0 Å². The van der Waals surface area contributed by atoms with Crippen LogP contribution in [0.5, 0.6) is 0 Å². The molecule has 2 aliphatic heterocycles. The van der Waals surface area contributed by atoms with Crippen molar-refractivity contribution in [2.24, 2.45) is 0 Å². The quantitative estimate of drug-likeness (QED) is 0.496. The van der Waals surface area contributed by atoms with E-state index in [9.17, 15) is 4.79 Å². The minimum atomic E-state index is -1.05. The van der Waals surface area contributed by atoms with Gasteiger partial charge in [0.2, 0.25) is 5.66 Å². The Balaban J connectivity index is 1.76. The fraction of sp³-hybridized carbons (Fsp3) is 0.231. The van der Waals surface area contributed by atoms with Crippen molar-refractivity contribution in [3.63, 3.8) is 0 Å². The van der Waals surface area contributed by atoms with Gasteiger partial charge < -0.3 is 10.2 Å². The number of aryl methyl sites for hydroxylation is 2. The molecule has 1 N–H and O–H groups in total. The minimum Gasteiger partial charge on any atom is -0.350 e. The molecule has 1 aromatic heterocycles. The van der Waals surface area contributed by atoms with E-state index in [4.69, 9.17) is 4.98 Å². The lowest BCUT2D eigenvalue weighted by Crippen LogP contribution is -2.53. The van der Waals surface area contributed by atoms with Crippen LogP contribution in [0.2, 0.25) is 0 Å². The molecule has 3 aromatic carbocycles. The van der Waals surface area contributed by atoms with Crippen LogP contribution in [0.15, 0.2) is 60.7 Å². The number of amides is 1. The first-order valence-electron chi connectivity index (χ1n) is 10.9. The van der Waals surface area contributed by atoms with Gasteiger partial charge >= 0.3 is 0 Å². The molecule has 31 heavy (non-hydrogen) atoms. The number of nitrogens with zero attached hydrogens (tertiary/aromatic N) is 3. The third-order valence-electron chi connectivity index (χ3n) is 6.68. The Bertz CT molecular complexity index is 1390. The maximum absolute atomic E-state index is 14.2. The number of benzene rings is 3. The van der Waals surface area contributed by atoms with E-state index in [1.165, 1.54) is 11.1 Å². The number of fused-ring (bicyclic) bond motifs is 8. The van der Waals surface area contributed by atoms with Crippen LogP contribution in [0.1, 0.15) is 30.0 Å². The topological polar surface area (TPSA) is 50.2 Å². The second-order valence-electron chi connectivity index (χ2n) is 8.55. The highest BCUT2D eigenvalue weighted by Crippen LogP contribution is 2.50. The van der Waals surface area contributed by atoms with E-state index in [1.54, 1.807) is 0 Å². The lowest BCUT2D eigenvalue weighted by atomic mass is 9.95. The van der Waals surface area contributed by atoms with Crippen molar-refractivity contribution >= 4 is 28.3 Å². The van der Waals surface area contributed by atoms with Crippen molar-refractivity contribution < 1.29 is 4.79 Å². The number of para-hydroxylation sites is 2. The number of aromatic nitrogens is 2. The van der Waals surface area contributed by atoms with Gasteiger partial charge in [-0.05, 0) is 61.7 Å². The Kier molecular flexibility index (Phi) is 3.64. The largest absolute Gasteiger partial charge is 0.350 e. The van der Waals surface area contributed by atoms with Crippen molar-refractivity contribution in [1.29, 1.82) is 0 Å². The van der Waals surface area contributed by atoms with Crippen molar-refractivity contribution in [3.8, 4) is 11.4 Å². The summed E-state index contributed by atoms with van der Waals surface area (Å²) < 4.78 is 2.13. The summed E-state index contributed by atoms with van der Waals surface area (Å²) in [4.78, 5) is 21.2. The third-order valence-corrected chi connectivity index (χ3v) is 6.68. The number of anilines is 2. The predicted octanol–water partition coefficient (Wildman–Crippen LogP) is 5.20. The summed E-state index contributed by atoms with van der Waals surface area (Å²) in [5.41, 5.74) is 7.11. The molecule has 0 fully saturated rings. The highest BCUT2D eigenvalue weighted by Gasteiger charge is 2.56. The third kappa shape index (κ3) is 2.21. The second kappa shape index (κ2) is 6.20. The summed E-state index contributed by atoms with van der Waals surface area (Å²) in [6.07, 6.45) is 0.891. The Hall–Kier alpha value is -3.60. The predicted molar refractivity (Wildman–Crippen MR) is 124 cm³/mol. The number of rotatable bonds is 2. The molecular weight excluding hydrogens is 384 g/mol. The summed E-state index contributed by atoms with van der Waals surface area (Å²) in [6, 6.07) is 20.6. The van der Waals surface area contributed by atoms with Gasteiger partial charge in [-0.15, -0.1) is 0 Å². The molecular formula is C26H24N4O. The number of imidazole rings is 1. The van der Waals surface area contributed by atoms with E-state index in [-0.39, 0.29) is 5.91 Å². The van der Waals surface area contributed by atoms with Gasteiger partial charge in [-0.25, -0.2) is 4.98 Å². The molecule has 0 saturated carbocycles. The average Bonchev–Trinajstić information content (AvgIpc) is 3.25. The van der Waals surface area contributed by atoms with Crippen molar-refractivity contribution in [2.75, 3.05) is 16.8 Å². The summed E-state index contributed by atoms with van der Waals surface area (Å²) in [5, 5.41) is 3.67. The molecule has 1 atom stereocenters. The Labute approximate surface area is 181 Å². The normalized spacial score (nSPS) is 18.8. The molecule has 5 nitrogen and oxygen atoms in total. The van der Waals surface area contributed by atoms with Crippen LogP contribution in [0.3, 0.4) is 0 Å². The van der Waals surface area contributed by atoms with Crippen LogP contribution in [0.4, 0.5) is 11.4 Å². The molecule has 6 rings (SSSR count). The molecule has 0 radical (unpaired) electrons. The van der Waals surface area contributed by atoms with Gasteiger partial charge in [-0.1, -0.05) is 37.3 Å². The molecule has 0 saturated heterocycles. The summed E-state index contributed by atoms with van der Waals surface area (Å²) >= 11 is 0. The van der Waals surface area contributed by atoms with Crippen molar-refractivity contribution in [3.05, 3.63) is 77.4 Å². The van der Waals surface area contributed by atoms with Gasteiger partial charge in [-0.3, -0.25) is 9.36 Å². The summed E-state index contributed by atoms with van der Waals surface area (Å²) in [6.45, 7) is 7.00. The average molecular weight is 409 g/mol. The Morgan fingerprint density at radius 3 is 2.58 bits per heavy atom. The van der Waals surface area contributed by atoms with Crippen LogP contribution in [-0.4, -0.2) is 22.0 Å². The Morgan fingerprint density at radius 2 is 1.74 bits per heavy atom. The van der Waals surface area contributed by atoms with Gasteiger partial charge in [0.05, 0.1) is 16.7 Å². The first kappa shape index (κ1) is 18.2. The molecule has 1 spiro atoms. The first-order valence-corrected chi connectivity index (χ1v) is 10.9. The van der Waals surface area contributed by atoms with E-state index in [1.807, 2.05) is 41.3 Å². The summed E-state index contributed by atoms with van der Waals surface area (Å²) in [7, 11) is 0. The second-order valence-corrected chi connectivity index (χ2v) is 8.55. The maximum Gasteiger partial charge on any atom is 0.279 e. The van der Waals surface area contributed by atoms with Crippen molar-refractivity contribution in [1.82, 2.24) is 9.55 Å². The van der Waals surface area contributed by atoms with Crippen LogP contribution in [0.25, 0.3) is 22.4 Å². The summed E-state index contributed by atoms with van der Waals surface area (Å²) in [5.74, 6) is 0.875. The fourth-order valence-corrected chi connectivity index (χ4v) is 5.11. The first-order chi connectivity index (χ1) is 15.1. The lowest BCUT2D eigenvalue weighted by molar-refractivity contribution is -0.123. The fourth-order valence-electron chi connectivity index (χ4n) is 5.11. The minimum absolute atomic E-state index is 0.0452. The smallest absolute Gasteiger partial charge is 0.279 e. The molecule has 4 aromatic rings. The van der Waals surface area contributed by atoms with Crippen LogP contribution >= 0.6 is 0 Å². The molecule has 1 unspecified atom stereocenters. The molecule has 3 heterocycles. The van der Waals surface area contributed by atoms with Gasteiger partial charge in [0.25, 0.3) is 5.91 Å².